The van der Waals surface area contributed by atoms with E-state index in [1.54, 1.807) is 24.3 Å². The number of amides is 2. The zero-order valence-corrected chi connectivity index (χ0v) is 18.8. The van der Waals surface area contributed by atoms with Crippen molar-refractivity contribution < 1.29 is 9.59 Å². The van der Waals surface area contributed by atoms with Crippen LogP contribution in [-0.4, -0.2) is 48.4 Å². The molecule has 29 heavy (non-hydrogen) atoms. The molecule has 1 aromatic carbocycles. The predicted octanol–water partition coefficient (Wildman–Crippen LogP) is 4.26. The van der Waals surface area contributed by atoms with Gasteiger partial charge in [0.25, 0.3) is 5.91 Å². The number of nitrogens with one attached hydrogen (secondary N) is 2. The summed E-state index contributed by atoms with van der Waals surface area (Å²) in [5.41, 5.74) is 0.506. The van der Waals surface area contributed by atoms with Gasteiger partial charge in [0.15, 0.2) is 0 Å². The molecule has 0 spiro atoms. The van der Waals surface area contributed by atoms with E-state index >= 15 is 0 Å². The smallest absolute Gasteiger partial charge is 0.251 e. The molecule has 6 heteroatoms. The molecule has 1 saturated heterocycles. The molecule has 0 bridgehead atoms. The van der Waals surface area contributed by atoms with Crippen molar-refractivity contribution in [3.63, 3.8) is 0 Å². The van der Waals surface area contributed by atoms with Gasteiger partial charge in [0.05, 0.1) is 0 Å². The highest BCUT2D eigenvalue weighted by molar-refractivity contribution is 6.30. The molecule has 2 N–H and O–H groups in total. The Kier molecular flexibility index (Phi) is 9.95. The van der Waals surface area contributed by atoms with Crippen molar-refractivity contribution in [2.75, 3.05) is 19.6 Å². The largest absolute Gasteiger partial charge is 0.354 e. The Bertz CT molecular complexity index is 648. The minimum absolute atomic E-state index is 0.104. The van der Waals surface area contributed by atoms with Gasteiger partial charge in [0, 0.05) is 23.2 Å². The lowest BCUT2D eigenvalue weighted by Crippen LogP contribution is -2.47. The molecule has 5 nitrogen and oxygen atoms in total. The maximum absolute atomic E-state index is 12.7. The Balaban J connectivity index is 1.77. The number of nitrogens with zero attached hydrogens (tertiary/aromatic N) is 1. The van der Waals surface area contributed by atoms with E-state index in [-0.39, 0.29) is 11.8 Å². The Labute approximate surface area is 180 Å². The van der Waals surface area contributed by atoms with Gasteiger partial charge in [-0.3, -0.25) is 9.59 Å². The highest BCUT2D eigenvalue weighted by atomic mass is 35.5. The van der Waals surface area contributed by atoms with Gasteiger partial charge in [-0.15, -0.1) is 0 Å². The Morgan fingerprint density at radius 1 is 1.17 bits per heavy atom. The average molecular weight is 422 g/mol. The molecule has 1 aliphatic rings. The number of carbonyl (C=O) groups is 2. The van der Waals surface area contributed by atoms with Crippen LogP contribution >= 0.6 is 11.6 Å². The Morgan fingerprint density at radius 2 is 1.90 bits per heavy atom. The number of rotatable bonds is 10. The van der Waals surface area contributed by atoms with Crippen LogP contribution in [0.3, 0.4) is 0 Å². The van der Waals surface area contributed by atoms with E-state index in [9.17, 15) is 9.59 Å². The van der Waals surface area contributed by atoms with Gasteiger partial charge in [0.1, 0.15) is 6.04 Å². The van der Waals surface area contributed by atoms with Crippen LogP contribution in [0.4, 0.5) is 0 Å². The van der Waals surface area contributed by atoms with E-state index in [1.165, 1.54) is 25.8 Å². The first kappa shape index (κ1) is 23.7. The summed E-state index contributed by atoms with van der Waals surface area (Å²) in [5.74, 6) is -0.0502. The number of piperidine rings is 1. The van der Waals surface area contributed by atoms with E-state index in [1.807, 2.05) is 0 Å². The van der Waals surface area contributed by atoms with Crippen molar-refractivity contribution in [2.24, 2.45) is 5.92 Å². The maximum Gasteiger partial charge on any atom is 0.251 e. The van der Waals surface area contributed by atoms with E-state index in [2.05, 4.69) is 36.3 Å². The number of carbonyl (C=O) groups excluding carboxylic acids is 2. The fourth-order valence-electron chi connectivity index (χ4n) is 3.81. The number of likely N-dealkylation sites (tertiary alicyclic amines) is 1. The second-order valence-corrected chi connectivity index (χ2v) is 8.98. The average Bonchev–Trinajstić information content (AvgIpc) is 2.68. The van der Waals surface area contributed by atoms with Gasteiger partial charge in [-0.05, 0) is 82.3 Å². The third kappa shape index (κ3) is 8.35. The molecule has 1 heterocycles. The van der Waals surface area contributed by atoms with Crippen molar-refractivity contribution in [3.8, 4) is 0 Å². The molecule has 2 atom stereocenters. The minimum atomic E-state index is -0.528. The van der Waals surface area contributed by atoms with Crippen LogP contribution in [-0.2, 0) is 4.79 Å². The van der Waals surface area contributed by atoms with Crippen molar-refractivity contribution in [1.82, 2.24) is 15.5 Å². The highest BCUT2D eigenvalue weighted by Gasteiger charge is 2.22. The molecule has 2 amide bonds. The second-order valence-electron chi connectivity index (χ2n) is 8.54. The van der Waals surface area contributed by atoms with E-state index in [0.717, 1.165) is 19.4 Å². The quantitative estimate of drug-likeness (QED) is 0.555. The van der Waals surface area contributed by atoms with Crippen molar-refractivity contribution in [2.45, 2.75) is 71.4 Å². The zero-order valence-electron chi connectivity index (χ0n) is 18.0. The molecule has 2 rings (SSSR count). The first-order valence-electron chi connectivity index (χ1n) is 10.9. The lowest BCUT2D eigenvalue weighted by molar-refractivity contribution is -0.123. The minimum Gasteiger partial charge on any atom is -0.354 e. The SMILES string of the molecule is CC(C)CC(NC(=O)c1ccc(Cl)cc1)C(=O)NCCCCN1CCCCC1C. The summed E-state index contributed by atoms with van der Waals surface area (Å²) in [6, 6.07) is 6.85. The fraction of sp³-hybridized carbons (Fsp3) is 0.652. The first-order chi connectivity index (χ1) is 13.9. The summed E-state index contributed by atoms with van der Waals surface area (Å²) < 4.78 is 0. The third-order valence-corrected chi connectivity index (χ3v) is 5.80. The van der Waals surface area contributed by atoms with E-state index in [0.29, 0.717) is 35.5 Å². The normalized spacial score (nSPS) is 18.4. The summed E-state index contributed by atoms with van der Waals surface area (Å²) >= 11 is 5.88. The van der Waals surface area contributed by atoms with Crippen molar-refractivity contribution >= 4 is 23.4 Å². The van der Waals surface area contributed by atoms with Crippen molar-refractivity contribution in [1.29, 1.82) is 0 Å². The van der Waals surface area contributed by atoms with Gasteiger partial charge >= 0.3 is 0 Å². The van der Waals surface area contributed by atoms with Crippen LogP contribution in [0.1, 0.15) is 69.7 Å². The van der Waals surface area contributed by atoms with Gasteiger partial charge < -0.3 is 15.5 Å². The number of benzene rings is 1. The van der Waals surface area contributed by atoms with Crippen LogP contribution in [0, 0.1) is 5.92 Å². The monoisotopic (exact) mass is 421 g/mol. The predicted molar refractivity (Wildman–Crippen MR) is 119 cm³/mol. The standard InChI is InChI=1S/C23H36ClN3O2/c1-17(2)16-21(26-22(28)19-9-11-20(24)12-10-19)23(29)25-13-5-7-15-27-14-6-4-8-18(27)3/h9-12,17-18,21H,4-8,13-16H2,1-3H3,(H,25,29)(H,26,28). The van der Waals surface area contributed by atoms with Gasteiger partial charge in [-0.2, -0.15) is 0 Å². The summed E-state index contributed by atoms with van der Waals surface area (Å²) in [7, 11) is 0. The summed E-state index contributed by atoms with van der Waals surface area (Å²) in [6.45, 7) is 9.34. The summed E-state index contributed by atoms with van der Waals surface area (Å²) in [5, 5.41) is 6.47. The molecule has 2 unspecified atom stereocenters. The number of hydrogen-bond donors (Lipinski definition) is 2. The van der Waals surface area contributed by atoms with Crippen LogP contribution < -0.4 is 10.6 Å². The van der Waals surface area contributed by atoms with Gasteiger partial charge in [0.2, 0.25) is 5.91 Å². The first-order valence-corrected chi connectivity index (χ1v) is 11.3. The van der Waals surface area contributed by atoms with Crippen LogP contribution in [0.5, 0.6) is 0 Å². The number of unbranched alkanes of at least 4 members (excludes halogenated alkanes) is 1. The second kappa shape index (κ2) is 12.2. The van der Waals surface area contributed by atoms with E-state index < -0.39 is 6.04 Å². The topological polar surface area (TPSA) is 61.4 Å². The van der Waals surface area contributed by atoms with Crippen molar-refractivity contribution in [3.05, 3.63) is 34.9 Å². The number of halogens is 1. The molecule has 162 valence electrons. The van der Waals surface area contributed by atoms with Gasteiger partial charge in [-0.25, -0.2) is 0 Å². The van der Waals surface area contributed by atoms with Crippen LogP contribution in [0.2, 0.25) is 5.02 Å². The molecular formula is C23H36ClN3O2. The lowest BCUT2D eigenvalue weighted by Gasteiger charge is -2.33. The summed E-state index contributed by atoms with van der Waals surface area (Å²) in [6.07, 6.45) is 6.57. The molecule has 1 fully saturated rings. The molecule has 0 saturated carbocycles. The molecule has 1 aliphatic heterocycles. The Hall–Kier alpha value is -1.59. The fourth-order valence-corrected chi connectivity index (χ4v) is 3.94. The van der Waals surface area contributed by atoms with Gasteiger partial charge in [-0.1, -0.05) is 31.9 Å². The van der Waals surface area contributed by atoms with E-state index in [4.69, 9.17) is 11.6 Å². The summed E-state index contributed by atoms with van der Waals surface area (Å²) in [4.78, 5) is 27.7. The lowest BCUT2D eigenvalue weighted by atomic mass is 10.0. The number of hydrogen-bond acceptors (Lipinski definition) is 3. The molecular weight excluding hydrogens is 386 g/mol. The third-order valence-electron chi connectivity index (χ3n) is 5.55. The zero-order chi connectivity index (χ0) is 21.2. The maximum atomic E-state index is 12.7. The molecule has 0 aromatic heterocycles. The highest BCUT2D eigenvalue weighted by Crippen LogP contribution is 2.16. The molecule has 0 aliphatic carbocycles. The Morgan fingerprint density at radius 3 is 2.55 bits per heavy atom. The molecule has 0 radical (unpaired) electrons. The van der Waals surface area contributed by atoms with Crippen LogP contribution in [0.25, 0.3) is 0 Å². The van der Waals surface area contributed by atoms with Crippen LogP contribution in [0.15, 0.2) is 24.3 Å². The molecule has 1 aromatic rings.